The molecule has 2 rings (SSSR count). The first-order chi connectivity index (χ1) is 9.41. The molecule has 0 aromatic rings. The number of hydrogen-bond donors (Lipinski definition) is 0. The molecule has 0 radical (unpaired) electrons. The highest BCUT2D eigenvalue weighted by Gasteiger charge is 2.60. The fourth-order valence-electron chi connectivity index (χ4n) is 3.78. The van der Waals surface area contributed by atoms with Crippen molar-refractivity contribution >= 4 is 31.3 Å². The summed E-state index contributed by atoms with van der Waals surface area (Å²) in [6, 6.07) is 2.58. The van der Waals surface area contributed by atoms with E-state index in [1.807, 2.05) is 0 Å². The lowest BCUT2D eigenvalue weighted by molar-refractivity contribution is 0.192. The molecule has 21 heavy (non-hydrogen) atoms. The van der Waals surface area contributed by atoms with Gasteiger partial charge in [0.05, 0.1) is 0 Å². The third-order valence-corrected chi connectivity index (χ3v) is 38.5. The molecule has 0 N–H and O–H groups in total. The third kappa shape index (κ3) is 3.34. The van der Waals surface area contributed by atoms with Crippen LogP contribution in [-0.4, -0.2) is 43.5 Å². The van der Waals surface area contributed by atoms with E-state index in [9.17, 15) is 0 Å². The van der Waals surface area contributed by atoms with Gasteiger partial charge in [0.1, 0.15) is 0 Å². The molecule has 0 aromatic heterocycles. The maximum absolute atomic E-state index is 7.19. The van der Waals surface area contributed by atoms with Gasteiger partial charge in [-0.3, -0.25) is 0 Å². The first-order valence-corrected chi connectivity index (χ1v) is 21.5. The Morgan fingerprint density at radius 3 is 1.33 bits per heavy atom. The minimum absolute atomic E-state index is 0.429. The molecule has 0 saturated carbocycles. The molecule has 2 fully saturated rings. The summed E-state index contributed by atoms with van der Waals surface area (Å²) in [5, 5.41) is 0. The summed E-state index contributed by atoms with van der Waals surface area (Å²) in [5.74, 6) is 0. The zero-order valence-corrected chi connectivity index (χ0v) is 19.2. The van der Waals surface area contributed by atoms with Gasteiger partial charge in [0.25, 0.3) is 0 Å². The smallest absolute Gasteiger partial charge is 0.204 e. The minimum Gasteiger partial charge on any atom is -0.456 e. The molecule has 124 valence electrons. The van der Waals surface area contributed by atoms with Crippen LogP contribution in [0, 0.1) is 0 Å². The molecule has 4 atom stereocenters. The van der Waals surface area contributed by atoms with Gasteiger partial charge >= 0.3 is 0 Å². The van der Waals surface area contributed by atoms with Gasteiger partial charge in [-0.25, -0.2) is 0 Å². The molecule has 7 heteroatoms. The third-order valence-electron chi connectivity index (χ3n) is 6.05. The van der Waals surface area contributed by atoms with Gasteiger partial charge in [-0.2, -0.15) is 0 Å². The molecule has 4 unspecified atom stereocenters. The molecular weight excluding hydrogens is 328 g/mol. The summed E-state index contributed by atoms with van der Waals surface area (Å²) in [6.45, 7) is 19.0. The maximum atomic E-state index is 7.19. The quantitative estimate of drug-likeness (QED) is 0.684. The van der Waals surface area contributed by atoms with Crippen molar-refractivity contribution in [2.45, 2.75) is 90.3 Å². The van der Waals surface area contributed by atoms with E-state index in [0.717, 1.165) is 0 Å². The van der Waals surface area contributed by atoms with Crippen LogP contribution in [0.5, 0.6) is 0 Å². The van der Waals surface area contributed by atoms with E-state index in [4.69, 9.17) is 13.0 Å². The predicted octanol–water partition coefficient (Wildman–Crippen LogP) is 4.34. The first-order valence-electron chi connectivity index (χ1n) is 8.47. The lowest BCUT2D eigenvalue weighted by Crippen LogP contribution is -2.74. The normalized spacial score (nSPS) is 46.3. The van der Waals surface area contributed by atoms with Gasteiger partial charge in [0, 0.05) is 12.2 Å². The van der Waals surface area contributed by atoms with Crippen molar-refractivity contribution in [3.8, 4) is 0 Å². The van der Waals surface area contributed by atoms with Crippen LogP contribution >= 0.6 is 0 Å². The molecule has 3 nitrogen and oxygen atoms in total. The highest BCUT2D eigenvalue weighted by atomic mass is 29.3. The number of rotatable bonds is 2. The monoisotopic (exact) mass is 362 g/mol. The zero-order chi connectivity index (χ0) is 16.1. The van der Waals surface area contributed by atoms with Crippen molar-refractivity contribution in [1.82, 2.24) is 0 Å². The van der Waals surface area contributed by atoms with Gasteiger partial charge in [0.2, 0.25) is 15.7 Å². The Morgan fingerprint density at radius 2 is 1.05 bits per heavy atom. The second-order valence-electron chi connectivity index (χ2n) is 8.52. The van der Waals surface area contributed by atoms with E-state index in [-0.39, 0.29) is 0 Å². The van der Waals surface area contributed by atoms with Crippen LogP contribution in [0.1, 0.15) is 26.7 Å². The molecule has 2 heterocycles. The van der Waals surface area contributed by atoms with Gasteiger partial charge in [-0.1, -0.05) is 0 Å². The molecule has 2 saturated heterocycles. The second-order valence-corrected chi connectivity index (χ2v) is 35.3. The second kappa shape index (κ2) is 5.68. The molecule has 0 aromatic carbocycles. The highest BCUT2D eigenvalue weighted by Crippen LogP contribution is 2.42. The van der Waals surface area contributed by atoms with Crippen molar-refractivity contribution in [2.24, 2.45) is 0 Å². The summed E-state index contributed by atoms with van der Waals surface area (Å²) >= 11 is 0. The van der Waals surface area contributed by atoms with E-state index >= 15 is 0 Å². The first kappa shape index (κ1) is 18.1. The van der Waals surface area contributed by atoms with E-state index in [2.05, 4.69) is 53.1 Å². The highest BCUT2D eigenvalue weighted by molar-refractivity contribution is 7.43. The number of hydrogen-bond acceptors (Lipinski definition) is 3. The van der Waals surface area contributed by atoms with Crippen LogP contribution in [0.2, 0.25) is 51.4 Å². The predicted molar refractivity (Wildman–Crippen MR) is 99.2 cm³/mol. The SMILES string of the molecule is CC1CC[Si](C)(O[Si]2(C)CCC(C)O[Si]2(C)C)[Si](C)(C)O1. The topological polar surface area (TPSA) is 27.7 Å². The van der Waals surface area contributed by atoms with Crippen LogP contribution in [0.25, 0.3) is 0 Å². The van der Waals surface area contributed by atoms with Crippen LogP contribution < -0.4 is 0 Å². The van der Waals surface area contributed by atoms with Gasteiger partial charge < -0.3 is 13.0 Å². The Balaban J connectivity index is 2.23. The van der Waals surface area contributed by atoms with E-state index in [0.29, 0.717) is 12.2 Å². The van der Waals surface area contributed by atoms with Crippen LogP contribution in [0.3, 0.4) is 0 Å². The molecule has 0 spiro atoms. The summed E-state index contributed by atoms with van der Waals surface area (Å²) in [4.78, 5) is 0. The van der Waals surface area contributed by atoms with Crippen LogP contribution in [-0.2, 0) is 13.0 Å². The van der Waals surface area contributed by atoms with Crippen LogP contribution in [0.15, 0.2) is 0 Å². The van der Waals surface area contributed by atoms with Crippen molar-refractivity contribution in [3.63, 3.8) is 0 Å². The molecule has 2 aliphatic heterocycles. The lowest BCUT2D eigenvalue weighted by Gasteiger charge is -2.54. The Kier molecular flexibility index (Phi) is 4.89. The average molecular weight is 363 g/mol. The van der Waals surface area contributed by atoms with Crippen LogP contribution in [0.4, 0.5) is 0 Å². The summed E-state index contributed by atoms with van der Waals surface area (Å²) < 4.78 is 20.1. The van der Waals surface area contributed by atoms with Gasteiger partial charge in [0.15, 0.2) is 15.7 Å². The average Bonchev–Trinajstić information content (AvgIpc) is 2.30. The summed E-state index contributed by atoms with van der Waals surface area (Å²) in [5.41, 5.74) is 0. The van der Waals surface area contributed by atoms with Crippen molar-refractivity contribution < 1.29 is 13.0 Å². The lowest BCUT2D eigenvalue weighted by atomic mass is 10.3. The van der Waals surface area contributed by atoms with E-state index in [1.54, 1.807) is 0 Å². The van der Waals surface area contributed by atoms with Crippen molar-refractivity contribution in [2.75, 3.05) is 0 Å². The van der Waals surface area contributed by atoms with E-state index < -0.39 is 31.3 Å². The molecule has 2 aliphatic rings. The Morgan fingerprint density at radius 1 is 0.714 bits per heavy atom. The zero-order valence-electron chi connectivity index (χ0n) is 15.2. The molecular formula is C14H34O3Si4. The Hall–Kier alpha value is 0.748. The Labute approximate surface area is 134 Å². The molecule has 0 amide bonds. The standard InChI is InChI=1S/C14H34O3Si4/c1-13-9-11-20(7,18(3,4)15-13)17-21(8)12-10-14(2)16-19(21,5)6/h13-14H,9-12H2,1-8H3. The van der Waals surface area contributed by atoms with Crippen molar-refractivity contribution in [3.05, 3.63) is 0 Å². The largest absolute Gasteiger partial charge is 0.456 e. The van der Waals surface area contributed by atoms with Gasteiger partial charge in [-0.15, -0.1) is 0 Å². The molecule has 0 aliphatic carbocycles. The van der Waals surface area contributed by atoms with Gasteiger partial charge in [-0.05, 0) is 78.1 Å². The summed E-state index contributed by atoms with van der Waals surface area (Å²) in [6.07, 6.45) is 3.22. The fourth-order valence-corrected chi connectivity index (χ4v) is 33.0. The maximum Gasteiger partial charge on any atom is 0.204 e. The van der Waals surface area contributed by atoms with E-state index in [1.165, 1.54) is 24.9 Å². The minimum atomic E-state index is -1.74. The Bertz CT molecular complexity index is 368. The fraction of sp³-hybridized carbons (Fsp3) is 1.00. The molecule has 0 bridgehead atoms. The van der Waals surface area contributed by atoms with Crippen molar-refractivity contribution in [1.29, 1.82) is 0 Å². The summed E-state index contributed by atoms with van der Waals surface area (Å²) in [7, 11) is -6.89.